The molecule has 0 amide bonds. The number of hydrogen-bond donors (Lipinski definition) is 1. The first-order valence-electron chi connectivity index (χ1n) is 5.09. The lowest BCUT2D eigenvalue weighted by molar-refractivity contribution is -0.385. The van der Waals surface area contributed by atoms with E-state index in [4.69, 9.17) is 5.73 Å². The molecule has 0 radical (unpaired) electrons. The van der Waals surface area contributed by atoms with E-state index >= 15 is 0 Å². The monoisotopic (exact) mass is 258 g/mol. The van der Waals surface area contributed by atoms with Crippen molar-refractivity contribution >= 4 is 15.5 Å². The minimum Gasteiger partial charge on any atom is -0.329 e. The van der Waals surface area contributed by atoms with Crippen molar-refractivity contribution in [3.05, 3.63) is 39.9 Å². The van der Waals surface area contributed by atoms with Crippen LogP contribution in [0.1, 0.15) is 5.56 Å². The molecule has 0 saturated heterocycles. The zero-order valence-corrected chi connectivity index (χ0v) is 10.0. The van der Waals surface area contributed by atoms with Crippen molar-refractivity contribution in [2.75, 3.05) is 18.1 Å². The smallest absolute Gasteiger partial charge is 0.272 e. The molecule has 0 aromatic heterocycles. The summed E-state index contributed by atoms with van der Waals surface area (Å²) in [6, 6.07) is 6.13. The average Bonchev–Trinajstić information content (AvgIpc) is 2.27. The molecule has 0 saturated carbocycles. The van der Waals surface area contributed by atoms with Crippen molar-refractivity contribution in [3.8, 4) is 0 Å². The Bertz CT molecular complexity index is 499. The SMILES string of the molecule is NCCS(=O)(=O)CCc1ccccc1[N+](=O)[O-]. The van der Waals surface area contributed by atoms with Crippen molar-refractivity contribution in [2.24, 2.45) is 5.73 Å². The van der Waals surface area contributed by atoms with E-state index in [1.54, 1.807) is 18.2 Å². The molecule has 0 aliphatic rings. The van der Waals surface area contributed by atoms with Gasteiger partial charge in [-0.3, -0.25) is 10.1 Å². The van der Waals surface area contributed by atoms with Crippen LogP contribution in [0.15, 0.2) is 24.3 Å². The van der Waals surface area contributed by atoms with Crippen LogP contribution in [0.25, 0.3) is 0 Å². The van der Waals surface area contributed by atoms with E-state index in [1.807, 2.05) is 0 Å². The van der Waals surface area contributed by atoms with Crippen LogP contribution >= 0.6 is 0 Å². The fraction of sp³-hybridized carbons (Fsp3) is 0.400. The summed E-state index contributed by atoms with van der Waals surface area (Å²) in [7, 11) is -3.22. The number of nitrogens with zero attached hydrogens (tertiary/aromatic N) is 1. The first-order chi connectivity index (χ1) is 7.96. The van der Waals surface area contributed by atoms with E-state index < -0.39 is 14.8 Å². The van der Waals surface area contributed by atoms with Gasteiger partial charge in [0.2, 0.25) is 0 Å². The first kappa shape index (κ1) is 13.6. The Kier molecular flexibility index (Phi) is 4.59. The number of nitrogens with two attached hydrogens (primary N) is 1. The quantitative estimate of drug-likeness (QED) is 0.591. The van der Waals surface area contributed by atoms with Crippen molar-refractivity contribution in [1.29, 1.82) is 0 Å². The largest absolute Gasteiger partial charge is 0.329 e. The van der Waals surface area contributed by atoms with Gasteiger partial charge in [-0.15, -0.1) is 0 Å². The summed E-state index contributed by atoms with van der Waals surface area (Å²) in [6.07, 6.45) is 0.138. The third-order valence-electron chi connectivity index (χ3n) is 2.30. The molecule has 0 fully saturated rings. The predicted molar refractivity (Wildman–Crippen MR) is 64.5 cm³/mol. The van der Waals surface area contributed by atoms with E-state index in [2.05, 4.69) is 0 Å². The van der Waals surface area contributed by atoms with Crippen LogP contribution < -0.4 is 5.73 Å². The maximum absolute atomic E-state index is 11.4. The number of sulfone groups is 1. The Morgan fingerprint density at radius 3 is 2.47 bits per heavy atom. The number of benzene rings is 1. The zero-order valence-electron chi connectivity index (χ0n) is 9.20. The molecule has 1 aromatic carbocycles. The summed E-state index contributed by atoms with van der Waals surface area (Å²) >= 11 is 0. The molecule has 94 valence electrons. The Balaban J connectivity index is 2.80. The number of aryl methyl sites for hydroxylation is 1. The van der Waals surface area contributed by atoms with Gasteiger partial charge < -0.3 is 5.73 Å². The first-order valence-corrected chi connectivity index (χ1v) is 6.91. The van der Waals surface area contributed by atoms with Gasteiger partial charge in [-0.25, -0.2) is 8.42 Å². The van der Waals surface area contributed by atoms with Crippen LogP contribution in [0.5, 0.6) is 0 Å². The number of para-hydroxylation sites is 1. The topological polar surface area (TPSA) is 103 Å². The third-order valence-corrected chi connectivity index (χ3v) is 3.98. The molecule has 0 aliphatic carbocycles. The molecular weight excluding hydrogens is 244 g/mol. The van der Waals surface area contributed by atoms with Crippen LogP contribution in [0.3, 0.4) is 0 Å². The lowest BCUT2D eigenvalue weighted by Gasteiger charge is -2.03. The van der Waals surface area contributed by atoms with Crippen molar-refractivity contribution in [2.45, 2.75) is 6.42 Å². The molecule has 1 aromatic rings. The van der Waals surface area contributed by atoms with E-state index in [0.29, 0.717) is 5.56 Å². The van der Waals surface area contributed by atoms with Crippen molar-refractivity contribution in [3.63, 3.8) is 0 Å². The molecule has 1 rings (SSSR count). The number of hydrogen-bond acceptors (Lipinski definition) is 5. The van der Waals surface area contributed by atoms with Gasteiger partial charge in [0, 0.05) is 18.2 Å². The fourth-order valence-electron chi connectivity index (χ4n) is 1.45. The molecule has 2 N–H and O–H groups in total. The molecule has 0 heterocycles. The zero-order chi connectivity index (χ0) is 12.9. The summed E-state index contributed by atoms with van der Waals surface area (Å²) < 4.78 is 22.9. The van der Waals surface area contributed by atoms with Crippen LogP contribution in [-0.4, -0.2) is 31.4 Å². The van der Waals surface area contributed by atoms with Gasteiger partial charge >= 0.3 is 0 Å². The second-order valence-corrected chi connectivity index (χ2v) is 5.88. The van der Waals surface area contributed by atoms with Gasteiger partial charge in [0.25, 0.3) is 5.69 Å². The van der Waals surface area contributed by atoms with Gasteiger partial charge in [0.05, 0.1) is 16.4 Å². The van der Waals surface area contributed by atoms with Gasteiger partial charge in [-0.2, -0.15) is 0 Å². The highest BCUT2D eigenvalue weighted by atomic mass is 32.2. The van der Waals surface area contributed by atoms with E-state index in [9.17, 15) is 18.5 Å². The Labute approximate surface area is 99.5 Å². The minimum atomic E-state index is -3.22. The van der Waals surface area contributed by atoms with Crippen LogP contribution in [0, 0.1) is 10.1 Å². The summed E-state index contributed by atoms with van der Waals surface area (Å²) in [5.74, 6) is -0.206. The highest BCUT2D eigenvalue weighted by molar-refractivity contribution is 7.91. The lowest BCUT2D eigenvalue weighted by atomic mass is 10.1. The van der Waals surface area contributed by atoms with Gasteiger partial charge in [-0.1, -0.05) is 18.2 Å². The van der Waals surface area contributed by atoms with Gasteiger partial charge in [0.15, 0.2) is 9.84 Å². The fourth-order valence-corrected chi connectivity index (χ4v) is 2.54. The van der Waals surface area contributed by atoms with Crippen LogP contribution in [0.4, 0.5) is 5.69 Å². The number of rotatable bonds is 6. The molecule has 0 spiro atoms. The van der Waals surface area contributed by atoms with Crippen LogP contribution in [-0.2, 0) is 16.3 Å². The molecule has 7 heteroatoms. The standard InChI is InChI=1S/C10H14N2O4S/c11-6-8-17(15,16)7-5-9-3-1-2-4-10(9)12(13)14/h1-4H,5-8,11H2. The van der Waals surface area contributed by atoms with Gasteiger partial charge in [-0.05, 0) is 6.42 Å². The number of nitro benzene ring substituents is 1. The summed E-state index contributed by atoms with van der Waals surface area (Å²) in [5, 5.41) is 10.7. The second kappa shape index (κ2) is 5.74. The highest BCUT2D eigenvalue weighted by Gasteiger charge is 2.16. The van der Waals surface area contributed by atoms with E-state index in [1.165, 1.54) is 6.07 Å². The highest BCUT2D eigenvalue weighted by Crippen LogP contribution is 2.18. The van der Waals surface area contributed by atoms with Crippen molar-refractivity contribution < 1.29 is 13.3 Å². The summed E-state index contributed by atoms with van der Waals surface area (Å²) in [4.78, 5) is 10.2. The second-order valence-electron chi connectivity index (χ2n) is 3.58. The van der Waals surface area contributed by atoms with Crippen molar-refractivity contribution in [1.82, 2.24) is 0 Å². The molecule has 0 bridgehead atoms. The lowest BCUT2D eigenvalue weighted by Crippen LogP contribution is -2.19. The third kappa shape index (κ3) is 4.12. The van der Waals surface area contributed by atoms with Crippen LogP contribution in [0.2, 0.25) is 0 Å². The Morgan fingerprint density at radius 2 is 1.88 bits per heavy atom. The predicted octanol–water partition coefficient (Wildman–Crippen LogP) is 0.511. The summed E-state index contributed by atoms with van der Waals surface area (Å²) in [5.41, 5.74) is 5.56. The molecule has 0 unspecified atom stereocenters. The van der Waals surface area contributed by atoms with E-state index in [0.717, 1.165) is 0 Å². The normalized spacial score (nSPS) is 11.4. The average molecular weight is 258 g/mol. The minimum absolute atomic E-state index is 0.0459. The molecule has 0 atom stereocenters. The number of nitro groups is 1. The van der Waals surface area contributed by atoms with Gasteiger partial charge in [0.1, 0.15) is 0 Å². The van der Waals surface area contributed by atoms with E-state index in [-0.39, 0.29) is 30.2 Å². The maximum Gasteiger partial charge on any atom is 0.272 e. The Morgan fingerprint density at radius 1 is 1.24 bits per heavy atom. The molecule has 17 heavy (non-hydrogen) atoms. The Hall–Kier alpha value is -1.47. The molecular formula is C10H14N2O4S. The molecule has 0 aliphatic heterocycles. The molecule has 6 nitrogen and oxygen atoms in total. The summed E-state index contributed by atoms with van der Waals surface area (Å²) in [6.45, 7) is 0.0687. The maximum atomic E-state index is 11.4.